The van der Waals surface area contributed by atoms with Gasteiger partial charge in [0.2, 0.25) is 0 Å². The Labute approximate surface area is 72.4 Å². The number of fused-ring (bicyclic) bond motifs is 2. The number of ether oxygens (including phenoxy) is 1. The molecule has 0 amide bonds. The summed E-state index contributed by atoms with van der Waals surface area (Å²) in [6.07, 6.45) is 5.70. The lowest BCUT2D eigenvalue weighted by molar-refractivity contribution is -0.640. The molecule has 0 unspecified atom stereocenters. The highest BCUT2D eigenvalue weighted by molar-refractivity contribution is 5.15. The molecule has 2 bridgehead atoms. The van der Waals surface area contributed by atoms with Crippen molar-refractivity contribution in [1.82, 2.24) is 0 Å². The van der Waals surface area contributed by atoms with Crippen molar-refractivity contribution in [3.05, 3.63) is 12.2 Å². The van der Waals surface area contributed by atoms with E-state index < -0.39 is 0 Å². The lowest BCUT2D eigenvalue weighted by Gasteiger charge is -2.34. The van der Waals surface area contributed by atoms with Gasteiger partial charge in [-0.2, -0.15) is 0 Å². The molecular formula is C9H16NO2+. The van der Waals surface area contributed by atoms with Crippen molar-refractivity contribution in [2.75, 3.05) is 13.6 Å². The summed E-state index contributed by atoms with van der Waals surface area (Å²) in [5, 5.41) is 11.6. The van der Waals surface area contributed by atoms with Crippen molar-refractivity contribution in [3.63, 3.8) is 0 Å². The molecule has 3 N–H and O–H groups in total. The summed E-state index contributed by atoms with van der Waals surface area (Å²) < 4.78 is 5.79. The second-order valence-electron chi connectivity index (χ2n) is 3.79. The van der Waals surface area contributed by atoms with Crippen molar-refractivity contribution in [3.8, 4) is 0 Å². The first-order valence-corrected chi connectivity index (χ1v) is 4.57. The fourth-order valence-electron chi connectivity index (χ4n) is 2.20. The minimum absolute atomic E-state index is 0.161. The van der Waals surface area contributed by atoms with Crippen LogP contribution in [0.3, 0.4) is 0 Å². The molecule has 2 heterocycles. The molecule has 0 aromatic rings. The SMILES string of the molecule is C[NH2+]C[C@]12C=C[C@H](C[C@H](O)C1)O2. The summed E-state index contributed by atoms with van der Waals surface area (Å²) in [5.74, 6) is 0. The van der Waals surface area contributed by atoms with Crippen molar-refractivity contribution in [1.29, 1.82) is 0 Å². The Kier molecular flexibility index (Phi) is 1.94. The van der Waals surface area contributed by atoms with E-state index in [4.69, 9.17) is 4.74 Å². The maximum absolute atomic E-state index is 9.55. The van der Waals surface area contributed by atoms with Gasteiger partial charge in [0, 0.05) is 12.8 Å². The minimum Gasteiger partial charge on any atom is -0.393 e. The number of aliphatic hydroxyl groups excluding tert-OH is 1. The maximum Gasteiger partial charge on any atom is 0.138 e. The van der Waals surface area contributed by atoms with Crippen LogP contribution in [-0.2, 0) is 4.74 Å². The number of quaternary nitrogens is 1. The Morgan fingerprint density at radius 1 is 1.75 bits per heavy atom. The van der Waals surface area contributed by atoms with E-state index >= 15 is 0 Å². The van der Waals surface area contributed by atoms with E-state index in [1.54, 1.807) is 0 Å². The third-order valence-corrected chi connectivity index (χ3v) is 2.64. The van der Waals surface area contributed by atoms with Crippen LogP contribution < -0.4 is 5.32 Å². The molecule has 0 saturated carbocycles. The van der Waals surface area contributed by atoms with Gasteiger partial charge in [-0.3, -0.25) is 0 Å². The lowest BCUT2D eigenvalue weighted by atomic mass is 9.94. The fourth-order valence-corrected chi connectivity index (χ4v) is 2.20. The van der Waals surface area contributed by atoms with Crippen LogP contribution in [0.15, 0.2) is 12.2 Å². The molecule has 0 aromatic carbocycles. The van der Waals surface area contributed by atoms with Gasteiger partial charge in [-0.15, -0.1) is 0 Å². The number of nitrogens with two attached hydrogens (primary N) is 1. The zero-order chi connectivity index (χ0) is 8.60. The Bertz CT molecular complexity index is 205. The number of aliphatic hydroxyl groups is 1. The quantitative estimate of drug-likeness (QED) is 0.524. The smallest absolute Gasteiger partial charge is 0.138 e. The van der Waals surface area contributed by atoms with Gasteiger partial charge in [0.1, 0.15) is 12.1 Å². The van der Waals surface area contributed by atoms with Crippen LogP contribution in [-0.4, -0.2) is 36.5 Å². The molecule has 12 heavy (non-hydrogen) atoms. The molecule has 1 saturated heterocycles. The van der Waals surface area contributed by atoms with E-state index in [9.17, 15) is 5.11 Å². The van der Waals surface area contributed by atoms with Crippen LogP contribution in [0.4, 0.5) is 0 Å². The van der Waals surface area contributed by atoms with Crippen molar-refractivity contribution in [2.24, 2.45) is 0 Å². The Hall–Kier alpha value is -0.380. The highest BCUT2D eigenvalue weighted by Crippen LogP contribution is 2.35. The van der Waals surface area contributed by atoms with Crippen molar-refractivity contribution < 1.29 is 15.2 Å². The molecule has 3 heteroatoms. The monoisotopic (exact) mass is 170 g/mol. The van der Waals surface area contributed by atoms with Crippen LogP contribution in [0.1, 0.15) is 12.8 Å². The molecular weight excluding hydrogens is 154 g/mol. The van der Waals surface area contributed by atoms with E-state index in [2.05, 4.69) is 17.5 Å². The number of rotatable bonds is 2. The third-order valence-electron chi connectivity index (χ3n) is 2.64. The molecule has 1 fully saturated rings. The van der Waals surface area contributed by atoms with Crippen LogP contribution in [0.5, 0.6) is 0 Å². The molecule has 3 nitrogen and oxygen atoms in total. The van der Waals surface area contributed by atoms with Gasteiger partial charge in [0.15, 0.2) is 0 Å². The lowest BCUT2D eigenvalue weighted by Crippen LogP contribution is -2.84. The summed E-state index contributed by atoms with van der Waals surface area (Å²) in [6, 6.07) is 0. The largest absolute Gasteiger partial charge is 0.393 e. The Morgan fingerprint density at radius 2 is 2.58 bits per heavy atom. The molecule has 68 valence electrons. The zero-order valence-corrected chi connectivity index (χ0v) is 7.36. The minimum atomic E-state index is -0.182. The second kappa shape index (κ2) is 2.83. The molecule has 0 radical (unpaired) electrons. The van der Waals surface area contributed by atoms with Crippen molar-refractivity contribution in [2.45, 2.75) is 30.7 Å². The van der Waals surface area contributed by atoms with E-state index in [-0.39, 0.29) is 17.8 Å². The average molecular weight is 170 g/mol. The summed E-state index contributed by atoms with van der Waals surface area (Å²) in [6.45, 7) is 0.914. The van der Waals surface area contributed by atoms with E-state index in [0.29, 0.717) is 0 Å². The highest BCUT2D eigenvalue weighted by atomic mass is 16.5. The summed E-state index contributed by atoms with van der Waals surface area (Å²) in [4.78, 5) is 0. The topological polar surface area (TPSA) is 46.1 Å². The predicted molar refractivity (Wildman–Crippen MR) is 44.7 cm³/mol. The summed E-state index contributed by atoms with van der Waals surface area (Å²) >= 11 is 0. The van der Waals surface area contributed by atoms with Crippen molar-refractivity contribution >= 4 is 0 Å². The summed E-state index contributed by atoms with van der Waals surface area (Å²) in [5.41, 5.74) is -0.170. The molecule has 2 aliphatic rings. The summed E-state index contributed by atoms with van der Waals surface area (Å²) in [7, 11) is 2.03. The van der Waals surface area contributed by atoms with Crippen LogP contribution >= 0.6 is 0 Å². The van der Waals surface area contributed by atoms with E-state index in [1.807, 2.05) is 7.05 Å². The van der Waals surface area contributed by atoms with E-state index in [0.717, 1.165) is 19.4 Å². The molecule has 2 aliphatic heterocycles. The van der Waals surface area contributed by atoms with Crippen LogP contribution in [0.2, 0.25) is 0 Å². The normalized spacial score (nSPS) is 45.2. The van der Waals surface area contributed by atoms with Gasteiger partial charge >= 0.3 is 0 Å². The molecule has 3 atom stereocenters. The van der Waals surface area contributed by atoms with Crippen LogP contribution in [0.25, 0.3) is 0 Å². The molecule has 0 spiro atoms. The average Bonchev–Trinajstić information content (AvgIpc) is 2.27. The van der Waals surface area contributed by atoms with E-state index in [1.165, 1.54) is 0 Å². The standard InChI is InChI=1S/C9H15NO2/c1-10-6-9-3-2-8(12-9)4-7(11)5-9/h2-3,7-8,10-11H,4-6H2,1H3/p+1/t7-,8+,9-/m0/s1. The first kappa shape index (κ1) is 8.23. The number of hydrogen-bond acceptors (Lipinski definition) is 2. The van der Waals surface area contributed by atoms with Crippen LogP contribution in [0, 0.1) is 0 Å². The Balaban J connectivity index is 2.10. The fraction of sp³-hybridized carbons (Fsp3) is 0.778. The van der Waals surface area contributed by atoms with Gasteiger partial charge in [-0.25, -0.2) is 0 Å². The first-order chi connectivity index (χ1) is 5.74. The van der Waals surface area contributed by atoms with Gasteiger partial charge in [-0.05, 0) is 6.08 Å². The Morgan fingerprint density at radius 3 is 3.33 bits per heavy atom. The molecule has 2 rings (SSSR count). The van der Waals surface area contributed by atoms with Gasteiger partial charge in [-0.1, -0.05) is 6.08 Å². The number of hydrogen-bond donors (Lipinski definition) is 2. The second-order valence-corrected chi connectivity index (χ2v) is 3.79. The number of likely N-dealkylation sites (N-methyl/N-ethyl adjacent to an activating group) is 1. The van der Waals surface area contributed by atoms with Gasteiger partial charge in [0.25, 0.3) is 0 Å². The predicted octanol–water partition coefficient (Wildman–Crippen LogP) is -0.972. The highest BCUT2D eigenvalue weighted by Gasteiger charge is 2.43. The molecule has 0 aliphatic carbocycles. The molecule has 0 aromatic heterocycles. The van der Waals surface area contributed by atoms with Gasteiger partial charge in [0.05, 0.1) is 19.3 Å². The third kappa shape index (κ3) is 1.28. The maximum atomic E-state index is 9.55. The zero-order valence-electron chi connectivity index (χ0n) is 7.36. The van der Waals surface area contributed by atoms with Gasteiger partial charge < -0.3 is 15.2 Å². The first-order valence-electron chi connectivity index (χ1n) is 4.57.